The summed E-state index contributed by atoms with van der Waals surface area (Å²) in [6, 6.07) is 17.5. The Hall–Kier alpha value is -4.00. The van der Waals surface area contributed by atoms with Gasteiger partial charge in [0.25, 0.3) is 5.91 Å². The number of carbonyl (C=O) groups is 2. The van der Waals surface area contributed by atoms with Crippen LogP contribution in [-0.4, -0.2) is 25.5 Å². The monoisotopic (exact) mass is 406 g/mol. The Labute approximate surface area is 174 Å². The number of hydrogen-bond donors (Lipinski definition) is 2. The number of rotatable bonds is 8. The van der Waals surface area contributed by atoms with Gasteiger partial charge in [-0.25, -0.2) is 0 Å². The lowest BCUT2D eigenvalue weighted by atomic mass is 10.2. The highest BCUT2D eigenvalue weighted by Crippen LogP contribution is 2.25. The molecule has 0 aliphatic heterocycles. The second-order valence-electron chi connectivity index (χ2n) is 6.34. The number of methoxy groups -OCH3 is 1. The lowest BCUT2D eigenvalue weighted by molar-refractivity contribution is -0.118. The maximum absolute atomic E-state index is 12.2. The van der Waals surface area contributed by atoms with Crippen LogP contribution in [0.1, 0.15) is 11.5 Å². The van der Waals surface area contributed by atoms with Crippen LogP contribution in [0.4, 0.5) is 11.4 Å². The van der Waals surface area contributed by atoms with Crippen molar-refractivity contribution in [3.8, 4) is 11.5 Å². The quantitative estimate of drug-likeness (QED) is 0.546. The first-order valence-corrected chi connectivity index (χ1v) is 9.25. The number of amides is 2. The second kappa shape index (κ2) is 9.97. The second-order valence-corrected chi connectivity index (χ2v) is 6.34. The van der Waals surface area contributed by atoms with E-state index in [1.54, 1.807) is 54.6 Å². The van der Waals surface area contributed by atoms with E-state index in [1.807, 2.05) is 19.1 Å². The van der Waals surface area contributed by atoms with Gasteiger partial charge in [-0.1, -0.05) is 18.2 Å². The molecule has 2 N–H and O–H groups in total. The summed E-state index contributed by atoms with van der Waals surface area (Å²) in [6.45, 7) is 1.65. The van der Waals surface area contributed by atoms with E-state index in [-0.39, 0.29) is 18.4 Å². The molecule has 0 saturated heterocycles. The van der Waals surface area contributed by atoms with Gasteiger partial charge in [-0.05, 0) is 55.5 Å². The average molecular weight is 406 g/mol. The number of aryl methyl sites for hydroxylation is 1. The molecule has 0 radical (unpaired) electrons. The van der Waals surface area contributed by atoms with Crippen molar-refractivity contribution in [1.29, 1.82) is 0 Å². The number of anilines is 2. The van der Waals surface area contributed by atoms with E-state index in [0.29, 0.717) is 28.6 Å². The lowest BCUT2D eigenvalue weighted by Crippen LogP contribution is -2.20. The van der Waals surface area contributed by atoms with Crippen LogP contribution in [0.5, 0.6) is 11.5 Å². The van der Waals surface area contributed by atoms with Gasteiger partial charge in [-0.3, -0.25) is 9.59 Å². The molecule has 7 nitrogen and oxygen atoms in total. The Morgan fingerprint density at radius 2 is 1.70 bits per heavy atom. The summed E-state index contributed by atoms with van der Waals surface area (Å²) in [5.41, 5.74) is 1.08. The summed E-state index contributed by atoms with van der Waals surface area (Å²) in [4.78, 5) is 24.3. The third kappa shape index (κ3) is 6.00. The number of hydrogen-bond acceptors (Lipinski definition) is 5. The molecule has 3 rings (SSSR count). The molecule has 1 heterocycles. The maximum atomic E-state index is 12.2. The summed E-state index contributed by atoms with van der Waals surface area (Å²) < 4.78 is 16.1. The topological polar surface area (TPSA) is 89.8 Å². The SMILES string of the molecule is COc1ccccc1OCC(=O)Nc1cccc(NC(=O)/C=C/c2ccc(C)o2)c1. The van der Waals surface area contributed by atoms with Gasteiger partial charge in [0.15, 0.2) is 18.1 Å². The maximum Gasteiger partial charge on any atom is 0.262 e. The molecule has 0 atom stereocenters. The molecule has 0 unspecified atom stereocenters. The van der Waals surface area contributed by atoms with E-state index < -0.39 is 0 Å². The van der Waals surface area contributed by atoms with Crippen LogP contribution in [-0.2, 0) is 9.59 Å². The third-order valence-electron chi connectivity index (χ3n) is 4.00. The van der Waals surface area contributed by atoms with Crippen molar-refractivity contribution >= 4 is 29.3 Å². The molecule has 0 bridgehead atoms. The molecule has 0 aliphatic carbocycles. The van der Waals surface area contributed by atoms with E-state index in [9.17, 15) is 9.59 Å². The Morgan fingerprint density at radius 3 is 2.40 bits per heavy atom. The van der Waals surface area contributed by atoms with Gasteiger partial charge in [0.2, 0.25) is 5.91 Å². The smallest absolute Gasteiger partial charge is 0.262 e. The van der Waals surface area contributed by atoms with Gasteiger partial charge in [-0.2, -0.15) is 0 Å². The van der Waals surface area contributed by atoms with Crippen LogP contribution < -0.4 is 20.1 Å². The molecule has 3 aromatic rings. The molecule has 1 aromatic heterocycles. The number of ether oxygens (including phenoxy) is 2. The normalized spacial score (nSPS) is 10.6. The van der Waals surface area contributed by atoms with Crippen molar-refractivity contribution in [3.05, 3.63) is 78.3 Å². The number of furan rings is 1. The van der Waals surface area contributed by atoms with Crippen LogP contribution in [0.15, 0.2) is 71.2 Å². The first-order valence-electron chi connectivity index (χ1n) is 9.25. The van der Waals surface area contributed by atoms with Gasteiger partial charge in [0.05, 0.1) is 7.11 Å². The molecule has 2 amide bonds. The van der Waals surface area contributed by atoms with Gasteiger partial charge < -0.3 is 24.5 Å². The van der Waals surface area contributed by atoms with Crippen LogP contribution >= 0.6 is 0 Å². The fourth-order valence-electron chi connectivity index (χ4n) is 2.64. The van der Waals surface area contributed by atoms with Crippen LogP contribution in [0.2, 0.25) is 0 Å². The minimum atomic E-state index is -0.336. The summed E-state index contributed by atoms with van der Waals surface area (Å²) in [5, 5.41) is 5.47. The van der Waals surface area contributed by atoms with Gasteiger partial charge in [-0.15, -0.1) is 0 Å². The largest absolute Gasteiger partial charge is 0.493 e. The predicted molar refractivity (Wildman–Crippen MR) is 115 cm³/mol. The van der Waals surface area contributed by atoms with Crippen molar-refractivity contribution in [2.45, 2.75) is 6.92 Å². The molecule has 0 aliphatic rings. The van der Waals surface area contributed by atoms with E-state index in [4.69, 9.17) is 13.9 Å². The van der Waals surface area contributed by atoms with E-state index in [2.05, 4.69) is 10.6 Å². The Morgan fingerprint density at radius 1 is 0.967 bits per heavy atom. The fraction of sp³-hybridized carbons (Fsp3) is 0.130. The molecule has 0 fully saturated rings. The van der Waals surface area contributed by atoms with Gasteiger partial charge >= 0.3 is 0 Å². The van der Waals surface area contributed by atoms with Gasteiger partial charge in [0.1, 0.15) is 11.5 Å². The average Bonchev–Trinajstić information content (AvgIpc) is 3.16. The first kappa shape index (κ1) is 20.7. The molecular formula is C23H22N2O5. The van der Waals surface area contributed by atoms with E-state index in [1.165, 1.54) is 13.2 Å². The minimum Gasteiger partial charge on any atom is -0.493 e. The summed E-state index contributed by atoms with van der Waals surface area (Å²) in [6.07, 6.45) is 2.97. The van der Waals surface area contributed by atoms with Crippen molar-refractivity contribution < 1.29 is 23.5 Å². The molecule has 30 heavy (non-hydrogen) atoms. The summed E-state index contributed by atoms with van der Waals surface area (Å²) in [7, 11) is 1.53. The van der Waals surface area contributed by atoms with Crippen LogP contribution in [0, 0.1) is 6.92 Å². The molecule has 7 heteroatoms. The van der Waals surface area contributed by atoms with E-state index >= 15 is 0 Å². The summed E-state index contributed by atoms with van der Waals surface area (Å²) >= 11 is 0. The van der Waals surface area contributed by atoms with Crippen LogP contribution in [0.3, 0.4) is 0 Å². The molecule has 154 valence electrons. The van der Waals surface area contributed by atoms with Crippen molar-refractivity contribution in [3.63, 3.8) is 0 Å². The number of benzene rings is 2. The summed E-state index contributed by atoms with van der Waals surface area (Å²) in [5.74, 6) is 1.75. The lowest BCUT2D eigenvalue weighted by Gasteiger charge is -2.11. The molecule has 2 aromatic carbocycles. The highest BCUT2D eigenvalue weighted by molar-refractivity contribution is 6.02. The van der Waals surface area contributed by atoms with E-state index in [0.717, 1.165) is 5.76 Å². The van der Waals surface area contributed by atoms with Crippen molar-refractivity contribution in [2.75, 3.05) is 24.4 Å². The zero-order valence-corrected chi connectivity index (χ0v) is 16.7. The Bertz CT molecular complexity index is 1060. The predicted octanol–water partition coefficient (Wildman–Crippen LogP) is 4.27. The van der Waals surface area contributed by atoms with Gasteiger partial charge in [0, 0.05) is 17.5 Å². The van der Waals surface area contributed by atoms with Crippen molar-refractivity contribution in [2.24, 2.45) is 0 Å². The molecule has 0 spiro atoms. The highest BCUT2D eigenvalue weighted by atomic mass is 16.5. The third-order valence-corrected chi connectivity index (χ3v) is 4.00. The zero-order chi connectivity index (χ0) is 21.3. The zero-order valence-electron chi connectivity index (χ0n) is 16.7. The number of para-hydroxylation sites is 2. The highest BCUT2D eigenvalue weighted by Gasteiger charge is 2.08. The fourth-order valence-corrected chi connectivity index (χ4v) is 2.64. The minimum absolute atomic E-state index is 0.178. The number of nitrogens with one attached hydrogen (secondary N) is 2. The van der Waals surface area contributed by atoms with Crippen molar-refractivity contribution in [1.82, 2.24) is 0 Å². The standard InChI is InChI=1S/C23H22N2O5/c1-16-10-11-19(30-16)12-13-22(26)24-17-6-5-7-18(14-17)25-23(27)15-29-21-9-4-3-8-20(21)28-2/h3-14H,15H2,1-2H3,(H,24,26)(H,25,27)/b13-12+. The molecule has 0 saturated carbocycles. The Balaban J connectivity index is 1.53. The van der Waals surface area contributed by atoms with Crippen LogP contribution in [0.25, 0.3) is 6.08 Å². The first-order chi connectivity index (χ1) is 14.5. The Kier molecular flexibility index (Phi) is 6.89. The number of carbonyl (C=O) groups excluding carboxylic acids is 2. The molecular weight excluding hydrogens is 384 g/mol.